The molecule has 1 aliphatic carbocycles. The van der Waals surface area contributed by atoms with Crippen molar-refractivity contribution in [3.05, 3.63) is 95.6 Å². The maximum atomic E-state index is 14.0. The van der Waals surface area contributed by atoms with E-state index in [1.54, 1.807) is 0 Å². The smallest absolute Gasteiger partial charge is 0.408 e. The number of carboxylic acids is 1. The predicted octanol–water partition coefficient (Wildman–Crippen LogP) is 4.55. The fourth-order valence-electron chi connectivity index (χ4n) is 6.28. The van der Waals surface area contributed by atoms with Crippen molar-refractivity contribution in [3.63, 3.8) is 0 Å². The van der Waals surface area contributed by atoms with E-state index >= 15 is 0 Å². The van der Waals surface area contributed by atoms with E-state index in [2.05, 4.69) is 46.6 Å². The zero-order chi connectivity index (χ0) is 28.4. The summed E-state index contributed by atoms with van der Waals surface area (Å²) in [4.78, 5) is 42.9. The number of rotatable bonds is 7. The van der Waals surface area contributed by atoms with Gasteiger partial charge in [0, 0.05) is 31.3 Å². The molecule has 1 unspecified atom stereocenters. The van der Waals surface area contributed by atoms with Crippen molar-refractivity contribution in [1.82, 2.24) is 15.1 Å². The summed E-state index contributed by atoms with van der Waals surface area (Å²) in [5, 5.41) is 12.7. The molecule has 0 aromatic heterocycles. The first-order chi connectivity index (χ1) is 19.9. The predicted molar refractivity (Wildman–Crippen MR) is 157 cm³/mol. The highest BCUT2D eigenvalue weighted by atomic mass is 32.2. The molecule has 1 atom stereocenters. The van der Waals surface area contributed by atoms with E-state index in [9.17, 15) is 19.5 Å². The van der Waals surface area contributed by atoms with Crippen LogP contribution < -0.4 is 5.32 Å². The van der Waals surface area contributed by atoms with E-state index in [1.165, 1.54) is 22.2 Å². The Bertz CT molecular complexity index is 1390. The highest BCUT2D eigenvalue weighted by Crippen LogP contribution is 2.44. The van der Waals surface area contributed by atoms with E-state index in [4.69, 9.17) is 4.74 Å². The summed E-state index contributed by atoms with van der Waals surface area (Å²) in [6.45, 7) is 2.06. The quantitative estimate of drug-likeness (QED) is 0.430. The van der Waals surface area contributed by atoms with Crippen LogP contribution in [0, 0.1) is 0 Å². The van der Waals surface area contributed by atoms with Crippen molar-refractivity contribution < 1.29 is 24.2 Å². The Morgan fingerprint density at radius 1 is 0.902 bits per heavy atom. The molecule has 2 N–H and O–H groups in total. The largest absolute Gasteiger partial charge is 0.480 e. The van der Waals surface area contributed by atoms with Gasteiger partial charge in [-0.3, -0.25) is 9.69 Å². The number of thioether (sulfide) groups is 1. The standard InChI is InChI=1S/C32H33N3O5S/c36-29(37)28-20-41-21-35(28)30(38)32(14-16-34(17-15-32)18-22-8-2-1-3-9-22)33-31(39)40-19-27-25-12-6-4-10-23(25)24-11-5-7-13-26(24)27/h1-13,27-28H,14-21H2,(H,33,39)(H,36,37). The molecule has 0 spiro atoms. The molecule has 2 heterocycles. The number of alkyl carbamates (subject to hydrolysis) is 1. The van der Waals surface area contributed by atoms with Crippen molar-refractivity contribution in [2.75, 3.05) is 31.3 Å². The number of carbonyl (C=O) groups excluding carboxylic acids is 2. The molecule has 3 aliphatic rings. The molecule has 0 radical (unpaired) electrons. The number of amides is 2. The highest BCUT2D eigenvalue weighted by molar-refractivity contribution is 7.99. The number of nitrogens with one attached hydrogen (secondary N) is 1. The van der Waals surface area contributed by atoms with Gasteiger partial charge in [0.2, 0.25) is 5.91 Å². The molecule has 0 saturated carbocycles. The van der Waals surface area contributed by atoms with Crippen LogP contribution in [-0.4, -0.2) is 75.8 Å². The third kappa shape index (κ3) is 5.44. The molecular weight excluding hydrogens is 538 g/mol. The number of benzene rings is 3. The van der Waals surface area contributed by atoms with Crippen LogP contribution in [0.3, 0.4) is 0 Å². The molecule has 6 rings (SSSR count). The summed E-state index contributed by atoms with van der Waals surface area (Å²) < 4.78 is 5.82. The van der Waals surface area contributed by atoms with E-state index in [0.29, 0.717) is 31.7 Å². The minimum Gasteiger partial charge on any atom is -0.480 e. The van der Waals surface area contributed by atoms with Gasteiger partial charge in [0.1, 0.15) is 18.2 Å². The molecule has 9 heteroatoms. The van der Waals surface area contributed by atoms with Gasteiger partial charge < -0.3 is 20.1 Å². The van der Waals surface area contributed by atoms with E-state index in [1.807, 2.05) is 42.5 Å². The molecule has 2 fully saturated rings. The Labute approximate surface area is 243 Å². The second-order valence-electron chi connectivity index (χ2n) is 10.9. The molecule has 3 aromatic carbocycles. The first kappa shape index (κ1) is 27.4. The van der Waals surface area contributed by atoms with E-state index in [0.717, 1.165) is 28.8 Å². The van der Waals surface area contributed by atoms with Crippen molar-refractivity contribution in [3.8, 4) is 11.1 Å². The lowest BCUT2D eigenvalue weighted by atomic mass is 9.85. The van der Waals surface area contributed by atoms with Gasteiger partial charge in [0.05, 0.1) is 5.88 Å². The SMILES string of the molecule is O=C(NC1(C(=O)N2CSCC2C(=O)O)CCN(Cc2ccccc2)CC1)OCC1c2ccccc2-c2ccccc21. The Kier molecular flexibility index (Phi) is 7.73. The van der Waals surface area contributed by atoms with Crippen molar-refractivity contribution in [2.45, 2.75) is 36.9 Å². The average Bonchev–Trinajstić information content (AvgIpc) is 3.61. The van der Waals surface area contributed by atoms with Gasteiger partial charge >= 0.3 is 12.1 Å². The molecule has 2 aliphatic heterocycles. The fourth-order valence-corrected chi connectivity index (χ4v) is 7.42. The number of carboxylic acid groups (broad SMARTS) is 1. The third-order valence-corrected chi connectivity index (χ3v) is 9.49. The lowest BCUT2D eigenvalue weighted by Gasteiger charge is -2.43. The summed E-state index contributed by atoms with van der Waals surface area (Å²) in [7, 11) is 0. The van der Waals surface area contributed by atoms with Crippen LogP contribution >= 0.6 is 11.8 Å². The van der Waals surface area contributed by atoms with Crippen LogP contribution in [0.25, 0.3) is 11.1 Å². The average molecular weight is 572 g/mol. The van der Waals surface area contributed by atoms with Crippen LogP contribution in [-0.2, 0) is 20.9 Å². The first-order valence-electron chi connectivity index (χ1n) is 14.0. The number of carbonyl (C=O) groups is 3. The van der Waals surface area contributed by atoms with Gasteiger partial charge in [0.25, 0.3) is 0 Å². The van der Waals surface area contributed by atoms with Gasteiger partial charge in [-0.15, -0.1) is 11.8 Å². The lowest BCUT2D eigenvalue weighted by Crippen LogP contribution is -2.65. The monoisotopic (exact) mass is 571 g/mol. The van der Waals surface area contributed by atoms with Crippen molar-refractivity contribution >= 4 is 29.7 Å². The second kappa shape index (κ2) is 11.6. The number of aliphatic carboxylic acids is 1. The summed E-state index contributed by atoms with van der Waals surface area (Å²) in [5.41, 5.74) is 4.45. The second-order valence-corrected chi connectivity index (χ2v) is 11.9. The molecule has 0 bridgehead atoms. The molecule has 2 saturated heterocycles. The number of likely N-dealkylation sites (tertiary alicyclic amines) is 1. The van der Waals surface area contributed by atoms with E-state index in [-0.39, 0.29) is 24.3 Å². The van der Waals surface area contributed by atoms with Gasteiger partial charge in [-0.05, 0) is 40.7 Å². The van der Waals surface area contributed by atoms with Crippen LogP contribution in [0.4, 0.5) is 4.79 Å². The summed E-state index contributed by atoms with van der Waals surface area (Å²) >= 11 is 1.41. The van der Waals surface area contributed by atoms with Crippen LogP contribution in [0.2, 0.25) is 0 Å². The number of hydrogen-bond acceptors (Lipinski definition) is 6. The van der Waals surface area contributed by atoms with Crippen LogP contribution in [0.15, 0.2) is 78.9 Å². The normalized spacial score (nSPS) is 19.8. The van der Waals surface area contributed by atoms with Gasteiger partial charge in [0.15, 0.2) is 0 Å². The summed E-state index contributed by atoms with van der Waals surface area (Å²) in [6, 6.07) is 25.5. The first-order valence-corrected chi connectivity index (χ1v) is 15.1. The minimum atomic E-state index is -1.23. The summed E-state index contributed by atoms with van der Waals surface area (Å²) in [6.07, 6.45) is 0.0858. The summed E-state index contributed by atoms with van der Waals surface area (Å²) in [5.74, 6) is -0.845. The topological polar surface area (TPSA) is 99.2 Å². The third-order valence-electron chi connectivity index (χ3n) is 8.48. The molecular formula is C32H33N3O5S. The number of fused-ring (bicyclic) bond motifs is 3. The lowest BCUT2D eigenvalue weighted by molar-refractivity contribution is -0.151. The molecule has 2 amide bonds. The zero-order valence-corrected chi connectivity index (χ0v) is 23.5. The number of hydrogen-bond donors (Lipinski definition) is 2. The molecule has 3 aromatic rings. The van der Waals surface area contributed by atoms with Gasteiger partial charge in [-0.1, -0.05) is 78.9 Å². The van der Waals surface area contributed by atoms with Gasteiger partial charge in [-0.2, -0.15) is 0 Å². The Balaban J connectivity index is 1.18. The maximum absolute atomic E-state index is 14.0. The Morgan fingerprint density at radius 2 is 1.51 bits per heavy atom. The number of ether oxygens (including phenoxy) is 1. The van der Waals surface area contributed by atoms with Crippen LogP contribution in [0.1, 0.15) is 35.4 Å². The Hall–Kier alpha value is -3.82. The number of piperidine rings is 1. The van der Waals surface area contributed by atoms with Crippen LogP contribution in [0.5, 0.6) is 0 Å². The zero-order valence-electron chi connectivity index (χ0n) is 22.7. The van der Waals surface area contributed by atoms with Crippen molar-refractivity contribution in [2.24, 2.45) is 0 Å². The Morgan fingerprint density at radius 3 is 2.15 bits per heavy atom. The molecule has 212 valence electrons. The van der Waals surface area contributed by atoms with E-state index < -0.39 is 23.6 Å². The van der Waals surface area contributed by atoms with Gasteiger partial charge in [-0.25, -0.2) is 9.59 Å². The minimum absolute atomic E-state index is 0.0982. The molecule has 41 heavy (non-hydrogen) atoms. The highest BCUT2D eigenvalue weighted by Gasteiger charge is 2.49. The fraction of sp³-hybridized carbons (Fsp3) is 0.344. The number of nitrogens with zero attached hydrogens (tertiary/aromatic N) is 2. The van der Waals surface area contributed by atoms with Crippen molar-refractivity contribution in [1.29, 1.82) is 0 Å². The maximum Gasteiger partial charge on any atom is 0.408 e. The molecule has 8 nitrogen and oxygen atoms in total.